The van der Waals surface area contributed by atoms with Crippen molar-refractivity contribution in [2.75, 3.05) is 0 Å². The zero-order valence-electron chi connectivity index (χ0n) is 12.3. The van der Waals surface area contributed by atoms with E-state index >= 15 is 0 Å². The van der Waals surface area contributed by atoms with Crippen LogP contribution in [0.1, 0.15) is 23.7 Å². The number of aromatic nitrogens is 4. The molecule has 0 amide bonds. The highest BCUT2D eigenvalue weighted by Crippen LogP contribution is 2.22. The van der Waals surface area contributed by atoms with Crippen molar-refractivity contribution >= 4 is 0 Å². The van der Waals surface area contributed by atoms with Gasteiger partial charge in [0.05, 0.1) is 18.5 Å². The summed E-state index contributed by atoms with van der Waals surface area (Å²) in [6, 6.07) is 4.04. The van der Waals surface area contributed by atoms with Crippen LogP contribution in [0.2, 0.25) is 0 Å². The van der Waals surface area contributed by atoms with Crippen LogP contribution in [-0.4, -0.2) is 25.8 Å². The van der Waals surface area contributed by atoms with E-state index in [1.54, 1.807) is 12.6 Å². The molecule has 1 aliphatic heterocycles. The zero-order valence-corrected chi connectivity index (χ0v) is 12.3. The van der Waals surface area contributed by atoms with E-state index in [0.29, 0.717) is 24.2 Å². The Morgan fingerprint density at radius 1 is 1.45 bits per heavy atom. The lowest BCUT2D eigenvalue weighted by Gasteiger charge is -2.23. The first-order valence-corrected chi connectivity index (χ1v) is 7.40. The smallest absolute Gasteiger partial charge is 0.263 e. The highest BCUT2D eigenvalue weighted by Gasteiger charge is 2.20. The molecule has 7 heteroatoms. The van der Waals surface area contributed by atoms with Gasteiger partial charge in [-0.15, -0.1) is 0 Å². The van der Waals surface area contributed by atoms with Crippen LogP contribution in [0.15, 0.2) is 33.6 Å². The summed E-state index contributed by atoms with van der Waals surface area (Å²) in [5, 5.41) is 7.76. The van der Waals surface area contributed by atoms with Gasteiger partial charge in [0, 0.05) is 19.0 Å². The van der Waals surface area contributed by atoms with E-state index in [1.165, 1.54) is 0 Å². The van der Waals surface area contributed by atoms with E-state index in [-0.39, 0.29) is 0 Å². The average molecular weight is 299 g/mol. The summed E-state index contributed by atoms with van der Waals surface area (Å²) in [5.41, 5.74) is 0.913. The molecule has 1 N–H and O–H groups in total. The number of oxazole rings is 1. The van der Waals surface area contributed by atoms with Gasteiger partial charge in [0.15, 0.2) is 5.76 Å². The molecule has 1 unspecified atom stereocenters. The van der Waals surface area contributed by atoms with Crippen molar-refractivity contribution in [3.8, 4) is 11.7 Å². The number of furan rings is 1. The van der Waals surface area contributed by atoms with Gasteiger partial charge in [-0.25, -0.2) is 14.6 Å². The molecule has 3 aromatic rings. The third-order valence-corrected chi connectivity index (χ3v) is 3.99. The first-order chi connectivity index (χ1) is 10.8. The molecule has 0 aromatic carbocycles. The summed E-state index contributed by atoms with van der Waals surface area (Å²) in [6.45, 7) is 3.44. The van der Waals surface area contributed by atoms with Gasteiger partial charge in [-0.1, -0.05) is 0 Å². The molecule has 3 aromatic heterocycles. The summed E-state index contributed by atoms with van der Waals surface area (Å²) in [4.78, 5) is 8.76. The lowest BCUT2D eigenvalue weighted by molar-refractivity contribution is 0.356. The normalized spacial score (nSPS) is 17.6. The van der Waals surface area contributed by atoms with Gasteiger partial charge < -0.3 is 14.2 Å². The predicted octanol–water partition coefficient (Wildman–Crippen LogP) is 1.94. The fraction of sp³-hybridized carbons (Fsp3) is 0.400. The van der Waals surface area contributed by atoms with Gasteiger partial charge >= 0.3 is 0 Å². The summed E-state index contributed by atoms with van der Waals surface area (Å²) in [7, 11) is 0. The monoisotopic (exact) mass is 299 g/mol. The molecule has 0 fully saturated rings. The van der Waals surface area contributed by atoms with Crippen LogP contribution in [0.3, 0.4) is 0 Å². The van der Waals surface area contributed by atoms with E-state index in [9.17, 15) is 0 Å². The third-order valence-electron chi connectivity index (χ3n) is 3.99. The Bertz CT molecular complexity index is 759. The van der Waals surface area contributed by atoms with Crippen molar-refractivity contribution < 1.29 is 8.83 Å². The number of nitrogens with zero attached hydrogens (tertiary/aromatic N) is 4. The van der Waals surface area contributed by atoms with Gasteiger partial charge in [0.25, 0.3) is 5.89 Å². The first kappa shape index (κ1) is 13.3. The van der Waals surface area contributed by atoms with Crippen LogP contribution >= 0.6 is 0 Å². The average Bonchev–Trinajstić information content (AvgIpc) is 3.25. The topological polar surface area (TPSA) is 81.9 Å². The fourth-order valence-corrected chi connectivity index (χ4v) is 2.74. The molecule has 0 aliphatic carbocycles. The van der Waals surface area contributed by atoms with E-state index in [2.05, 4.69) is 20.4 Å². The Morgan fingerprint density at radius 2 is 2.41 bits per heavy atom. The largest absolute Gasteiger partial charge is 0.459 e. The van der Waals surface area contributed by atoms with Crippen molar-refractivity contribution in [1.29, 1.82) is 0 Å². The van der Waals surface area contributed by atoms with Crippen LogP contribution in [0.4, 0.5) is 0 Å². The molecule has 0 bridgehead atoms. The minimum Gasteiger partial charge on any atom is -0.459 e. The van der Waals surface area contributed by atoms with Gasteiger partial charge in [0.1, 0.15) is 17.9 Å². The second kappa shape index (κ2) is 5.42. The number of fused-ring (bicyclic) bond motifs is 1. The maximum absolute atomic E-state index is 5.67. The van der Waals surface area contributed by atoms with Crippen molar-refractivity contribution in [2.24, 2.45) is 0 Å². The molecule has 1 atom stereocenters. The third kappa shape index (κ3) is 2.43. The van der Waals surface area contributed by atoms with Crippen molar-refractivity contribution in [2.45, 2.75) is 38.9 Å². The first-order valence-electron chi connectivity index (χ1n) is 7.40. The SMILES string of the molecule is Cc1oc(-c2ccco2)nc1CNC1CCc2ncnn2C1. The maximum Gasteiger partial charge on any atom is 0.263 e. The lowest BCUT2D eigenvalue weighted by Crippen LogP contribution is -2.37. The summed E-state index contributed by atoms with van der Waals surface area (Å²) in [6.07, 6.45) is 5.24. The Kier molecular flexibility index (Phi) is 3.27. The molecule has 114 valence electrons. The van der Waals surface area contributed by atoms with Crippen LogP contribution < -0.4 is 5.32 Å². The predicted molar refractivity (Wildman–Crippen MR) is 77.9 cm³/mol. The Labute approximate surface area is 127 Å². The maximum atomic E-state index is 5.67. The van der Waals surface area contributed by atoms with E-state index < -0.39 is 0 Å². The van der Waals surface area contributed by atoms with Crippen molar-refractivity contribution in [3.05, 3.63) is 42.0 Å². The van der Waals surface area contributed by atoms with Gasteiger partial charge in [0.2, 0.25) is 0 Å². The summed E-state index contributed by atoms with van der Waals surface area (Å²) >= 11 is 0. The number of hydrogen-bond acceptors (Lipinski definition) is 6. The number of aryl methyl sites for hydroxylation is 2. The fourth-order valence-electron chi connectivity index (χ4n) is 2.74. The van der Waals surface area contributed by atoms with Crippen LogP contribution in [0.5, 0.6) is 0 Å². The second-order valence-corrected chi connectivity index (χ2v) is 5.47. The zero-order chi connectivity index (χ0) is 14.9. The van der Waals surface area contributed by atoms with Gasteiger partial charge in [-0.05, 0) is 25.5 Å². The molecule has 1 aliphatic rings. The van der Waals surface area contributed by atoms with Crippen molar-refractivity contribution in [3.63, 3.8) is 0 Å². The molecular weight excluding hydrogens is 282 g/mol. The van der Waals surface area contributed by atoms with Crippen LogP contribution in [-0.2, 0) is 19.5 Å². The minimum atomic E-state index is 0.373. The number of nitrogens with one attached hydrogen (secondary N) is 1. The molecule has 0 saturated carbocycles. The van der Waals surface area contributed by atoms with Crippen LogP contribution in [0.25, 0.3) is 11.7 Å². The van der Waals surface area contributed by atoms with Crippen molar-refractivity contribution in [1.82, 2.24) is 25.1 Å². The molecule has 0 saturated heterocycles. The van der Waals surface area contributed by atoms with E-state index in [0.717, 1.165) is 36.7 Å². The number of rotatable bonds is 4. The summed E-state index contributed by atoms with van der Waals surface area (Å²) < 4.78 is 13.0. The highest BCUT2D eigenvalue weighted by molar-refractivity contribution is 5.44. The molecular formula is C15H17N5O2. The Morgan fingerprint density at radius 3 is 3.27 bits per heavy atom. The Hall–Kier alpha value is -2.41. The van der Waals surface area contributed by atoms with E-state index in [1.807, 2.05) is 23.7 Å². The van der Waals surface area contributed by atoms with Gasteiger partial charge in [-0.2, -0.15) is 5.10 Å². The summed E-state index contributed by atoms with van der Waals surface area (Å²) in [5.74, 6) is 3.06. The molecule has 4 heterocycles. The molecule has 4 rings (SSSR count). The highest BCUT2D eigenvalue weighted by atomic mass is 16.4. The molecule has 7 nitrogen and oxygen atoms in total. The van der Waals surface area contributed by atoms with Gasteiger partial charge in [-0.3, -0.25) is 0 Å². The minimum absolute atomic E-state index is 0.373. The second-order valence-electron chi connectivity index (χ2n) is 5.47. The molecule has 0 spiro atoms. The lowest BCUT2D eigenvalue weighted by atomic mass is 10.1. The molecule has 0 radical (unpaired) electrons. The van der Waals surface area contributed by atoms with Crippen LogP contribution in [0, 0.1) is 6.92 Å². The van der Waals surface area contributed by atoms with E-state index in [4.69, 9.17) is 8.83 Å². The number of hydrogen-bond donors (Lipinski definition) is 1. The standard InChI is InChI=1S/C15H17N5O2/c1-10-12(19-15(22-10)13-3-2-6-21-13)7-16-11-4-5-14-17-9-18-20(14)8-11/h2-3,6,9,11,16H,4-5,7-8H2,1H3. The molecule has 22 heavy (non-hydrogen) atoms. The quantitative estimate of drug-likeness (QED) is 0.793. The Balaban J connectivity index is 1.42.